The quantitative estimate of drug-likeness (QED) is 0.803. The fourth-order valence-electron chi connectivity index (χ4n) is 2.94. The highest BCUT2D eigenvalue weighted by Crippen LogP contribution is 2.21. The van der Waals surface area contributed by atoms with Crippen molar-refractivity contribution in [3.63, 3.8) is 0 Å². The van der Waals surface area contributed by atoms with Gasteiger partial charge < -0.3 is 18.8 Å². The molecule has 1 fully saturated rings. The number of likely N-dealkylation sites (tertiary alicyclic amines) is 1. The van der Waals surface area contributed by atoms with Gasteiger partial charge in [0.05, 0.1) is 6.10 Å². The second-order valence-corrected chi connectivity index (χ2v) is 5.97. The Hall–Kier alpha value is -2.34. The lowest BCUT2D eigenvalue weighted by atomic mass is 10.1. The van der Waals surface area contributed by atoms with Gasteiger partial charge in [-0.25, -0.2) is 4.79 Å². The number of ether oxygens (including phenoxy) is 2. The Balaban J connectivity index is 1.66. The Kier molecular flexibility index (Phi) is 4.85. The van der Waals surface area contributed by atoms with Crippen molar-refractivity contribution in [1.82, 2.24) is 4.90 Å². The first-order chi connectivity index (χ1) is 11.6. The molecule has 0 radical (unpaired) electrons. The van der Waals surface area contributed by atoms with Crippen molar-refractivity contribution in [2.45, 2.75) is 32.0 Å². The van der Waals surface area contributed by atoms with Crippen LogP contribution in [0.5, 0.6) is 5.75 Å². The zero-order chi connectivity index (χ0) is 17.1. The molecule has 6 nitrogen and oxygen atoms in total. The average Bonchev–Trinajstić information content (AvgIpc) is 2.60. The van der Waals surface area contributed by atoms with E-state index in [9.17, 15) is 9.59 Å². The van der Waals surface area contributed by atoms with Gasteiger partial charge in [-0.15, -0.1) is 0 Å². The van der Waals surface area contributed by atoms with Crippen molar-refractivity contribution in [1.29, 1.82) is 0 Å². The van der Waals surface area contributed by atoms with E-state index >= 15 is 0 Å². The van der Waals surface area contributed by atoms with Crippen LogP contribution >= 0.6 is 0 Å². The van der Waals surface area contributed by atoms with Gasteiger partial charge in [0.15, 0.2) is 6.10 Å². The topological polar surface area (TPSA) is 69.0 Å². The second kappa shape index (κ2) is 7.05. The molecule has 1 amide bonds. The van der Waals surface area contributed by atoms with Crippen LogP contribution in [0.25, 0.3) is 11.0 Å². The first-order valence-electron chi connectivity index (χ1n) is 8.09. The molecule has 128 valence electrons. The normalized spacial score (nSPS) is 17.0. The van der Waals surface area contributed by atoms with Crippen LogP contribution in [-0.4, -0.2) is 43.2 Å². The molecule has 1 aromatic heterocycles. The summed E-state index contributed by atoms with van der Waals surface area (Å²) in [6.45, 7) is 3.09. The third-order valence-corrected chi connectivity index (χ3v) is 4.34. The maximum Gasteiger partial charge on any atom is 0.336 e. The molecule has 1 unspecified atom stereocenters. The number of carbonyl (C=O) groups is 1. The lowest BCUT2D eigenvalue weighted by Crippen LogP contribution is -2.46. The highest BCUT2D eigenvalue weighted by molar-refractivity contribution is 5.81. The summed E-state index contributed by atoms with van der Waals surface area (Å²) in [5.41, 5.74) is 0.0327. The van der Waals surface area contributed by atoms with Crippen LogP contribution < -0.4 is 10.4 Å². The highest BCUT2D eigenvalue weighted by Gasteiger charge is 2.27. The van der Waals surface area contributed by atoms with Crippen molar-refractivity contribution in [3.05, 3.63) is 40.8 Å². The number of fused-ring (bicyclic) bond motifs is 1. The molecule has 2 aromatic rings. The predicted octanol–water partition coefficient (Wildman–Crippen LogP) is 2.20. The van der Waals surface area contributed by atoms with Crippen molar-refractivity contribution in [3.8, 4) is 5.75 Å². The molecule has 2 heterocycles. The van der Waals surface area contributed by atoms with Gasteiger partial charge in [-0.1, -0.05) is 0 Å². The molecule has 0 spiro atoms. The van der Waals surface area contributed by atoms with Gasteiger partial charge in [-0.05, 0) is 38.0 Å². The number of rotatable bonds is 4. The van der Waals surface area contributed by atoms with E-state index in [4.69, 9.17) is 13.9 Å². The van der Waals surface area contributed by atoms with E-state index < -0.39 is 11.7 Å². The molecule has 0 saturated carbocycles. The Morgan fingerprint density at radius 3 is 2.67 bits per heavy atom. The van der Waals surface area contributed by atoms with Crippen molar-refractivity contribution < 1.29 is 18.7 Å². The van der Waals surface area contributed by atoms with Crippen LogP contribution in [0.15, 0.2) is 39.5 Å². The fourth-order valence-corrected chi connectivity index (χ4v) is 2.94. The molecule has 1 atom stereocenters. The lowest BCUT2D eigenvalue weighted by molar-refractivity contribution is -0.140. The molecule has 1 aromatic carbocycles. The summed E-state index contributed by atoms with van der Waals surface area (Å²) >= 11 is 0. The minimum Gasteiger partial charge on any atom is -0.481 e. The number of methoxy groups -OCH3 is 1. The standard InChI is InChI=1S/C18H21NO5/c1-12(18(21)19-9-7-14(22-2)8-10-19)23-15-5-3-13-4-6-17(20)24-16(13)11-15/h3-6,11-12,14H,7-10H2,1-2H3. The van der Waals surface area contributed by atoms with Gasteiger partial charge >= 0.3 is 5.63 Å². The predicted molar refractivity (Wildman–Crippen MR) is 89.2 cm³/mol. The van der Waals surface area contributed by atoms with Gasteiger partial charge in [0.25, 0.3) is 5.91 Å². The molecule has 1 saturated heterocycles. The first-order valence-corrected chi connectivity index (χ1v) is 8.09. The van der Waals surface area contributed by atoms with E-state index in [1.807, 2.05) is 0 Å². The van der Waals surface area contributed by atoms with Crippen molar-refractivity contribution >= 4 is 16.9 Å². The molecular weight excluding hydrogens is 310 g/mol. The number of carbonyl (C=O) groups excluding carboxylic acids is 1. The molecule has 1 aliphatic rings. The van der Waals surface area contributed by atoms with Crippen LogP contribution in [0.3, 0.4) is 0 Å². The van der Waals surface area contributed by atoms with Gasteiger partial charge in [0.2, 0.25) is 0 Å². The summed E-state index contributed by atoms with van der Waals surface area (Å²) in [5, 5.41) is 0.808. The SMILES string of the molecule is COC1CCN(C(=O)C(C)Oc2ccc3ccc(=O)oc3c2)CC1. The first kappa shape index (κ1) is 16.5. The number of nitrogens with zero attached hydrogens (tertiary/aromatic N) is 1. The molecule has 3 rings (SSSR count). The third-order valence-electron chi connectivity index (χ3n) is 4.34. The zero-order valence-corrected chi connectivity index (χ0v) is 13.9. The Morgan fingerprint density at radius 1 is 1.25 bits per heavy atom. The van der Waals surface area contributed by atoms with E-state index in [-0.39, 0.29) is 12.0 Å². The van der Waals surface area contributed by atoms with E-state index in [0.29, 0.717) is 24.4 Å². The number of amides is 1. The van der Waals surface area contributed by atoms with Gasteiger partial charge in [-0.3, -0.25) is 4.79 Å². The summed E-state index contributed by atoms with van der Waals surface area (Å²) in [4.78, 5) is 25.6. The average molecular weight is 331 g/mol. The van der Waals surface area contributed by atoms with E-state index in [0.717, 1.165) is 18.2 Å². The monoisotopic (exact) mass is 331 g/mol. The molecule has 0 aliphatic carbocycles. The molecule has 0 N–H and O–H groups in total. The fraction of sp³-hybridized carbons (Fsp3) is 0.444. The van der Waals surface area contributed by atoms with Crippen LogP contribution in [0.4, 0.5) is 0 Å². The Labute approximate surface area is 140 Å². The lowest BCUT2D eigenvalue weighted by Gasteiger charge is -2.32. The van der Waals surface area contributed by atoms with Crippen molar-refractivity contribution in [2.24, 2.45) is 0 Å². The van der Waals surface area contributed by atoms with Gasteiger partial charge in [0.1, 0.15) is 11.3 Å². The smallest absolute Gasteiger partial charge is 0.336 e. The number of piperidine rings is 1. The van der Waals surface area contributed by atoms with E-state index in [1.165, 1.54) is 6.07 Å². The largest absolute Gasteiger partial charge is 0.481 e. The molecule has 24 heavy (non-hydrogen) atoms. The summed E-state index contributed by atoms with van der Waals surface area (Å²) in [6.07, 6.45) is 1.32. The summed E-state index contributed by atoms with van der Waals surface area (Å²) in [6, 6.07) is 8.27. The molecule has 1 aliphatic heterocycles. The minimum atomic E-state index is -0.600. The van der Waals surface area contributed by atoms with Crippen molar-refractivity contribution in [2.75, 3.05) is 20.2 Å². The van der Waals surface area contributed by atoms with Crippen LogP contribution in [-0.2, 0) is 9.53 Å². The van der Waals surface area contributed by atoms with Crippen LogP contribution in [0, 0.1) is 0 Å². The number of hydrogen-bond donors (Lipinski definition) is 0. The number of hydrogen-bond acceptors (Lipinski definition) is 5. The summed E-state index contributed by atoms with van der Waals surface area (Å²) in [7, 11) is 1.70. The summed E-state index contributed by atoms with van der Waals surface area (Å²) in [5.74, 6) is 0.462. The Bertz CT molecular complexity index is 776. The molecule has 6 heteroatoms. The van der Waals surface area contributed by atoms with E-state index in [1.54, 1.807) is 43.2 Å². The maximum absolute atomic E-state index is 12.5. The zero-order valence-electron chi connectivity index (χ0n) is 13.9. The maximum atomic E-state index is 12.5. The van der Waals surface area contributed by atoms with Crippen LogP contribution in [0.2, 0.25) is 0 Å². The van der Waals surface area contributed by atoms with Crippen LogP contribution in [0.1, 0.15) is 19.8 Å². The van der Waals surface area contributed by atoms with Gasteiger partial charge in [0, 0.05) is 37.7 Å². The van der Waals surface area contributed by atoms with E-state index in [2.05, 4.69) is 0 Å². The third kappa shape index (κ3) is 3.59. The highest BCUT2D eigenvalue weighted by atomic mass is 16.5. The van der Waals surface area contributed by atoms with Gasteiger partial charge in [-0.2, -0.15) is 0 Å². The second-order valence-electron chi connectivity index (χ2n) is 5.97. The summed E-state index contributed by atoms with van der Waals surface area (Å²) < 4.78 is 16.2. The minimum absolute atomic E-state index is 0.0424. The molecular formula is C18H21NO5. The molecule has 0 bridgehead atoms. The number of benzene rings is 1. The Morgan fingerprint density at radius 2 is 1.96 bits per heavy atom.